The molecule has 4 aromatic rings. The van der Waals surface area contributed by atoms with E-state index < -0.39 is 34.6 Å². The molecule has 0 saturated heterocycles. The molecule has 0 spiro atoms. The number of carbonyl (C=O) groups is 3. The number of ether oxygens (including phenoxy) is 1. The highest BCUT2D eigenvalue weighted by Gasteiger charge is 2.33. The van der Waals surface area contributed by atoms with Gasteiger partial charge in [0.1, 0.15) is 17.2 Å². The number of alkyl halides is 3. The highest BCUT2D eigenvalue weighted by Crippen LogP contribution is 2.36. The lowest BCUT2D eigenvalue weighted by Crippen LogP contribution is -2.41. The normalized spacial score (nSPS) is 10.8. The lowest BCUT2D eigenvalue weighted by atomic mass is 10.2. The minimum atomic E-state index is -4.67. The molecule has 204 valence electrons. The van der Waals surface area contributed by atoms with E-state index in [9.17, 15) is 27.6 Å². The van der Waals surface area contributed by atoms with Gasteiger partial charge in [-0.1, -0.05) is 11.6 Å². The summed E-state index contributed by atoms with van der Waals surface area (Å²) >= 11 is 5.59. The van der Waals surface area contributed by atoms with Gasteiger partial charge in [0.25, 0.3) is 11.8 Å². The fourth-order valence-electron chi connectivity index (χ4n) is 3.20. The number of urea groups is 1. The molecular weight excluding hydrogens is 553 g/mol. The van der Waals surface area contributed by atoms with Gasteiger partial charge in [-0.3, -0.25) is 30.4 Å². The van der Waals surface area contributed by atoms with E-state index in [-0.39, 0.29) is 22.7 Å². The maximum Gasteiger partial charge on any atom is 0.417 e. The number of pyridine rings is 2. The molecular formula is C26H18ClF3N6O4. The molecule has 0 aliphatic heterocycles. The number of aromatic nitrogens is 2. The van der Waals surface area contributed by atoms with Crippen LogP contribution in [-0.2, 0) is 6.18 Å². The van der Waals surface area contributed by atoms with Gasteiger partial charge in [-0.25, -0.2) is 4.79 Å². The zero-order chi connectivity index (χ0) is 28.7. The van der Waals surface area contributed by atoms with E-state index in [0.717, 1.165) is 12.1 Å². The van der Waals surface area contributed by atoms with Crippen molar-refractivity contribution in [3.05, 3.63) is 107 Å². The third-order valence-electron chi connectivity index (χ3n) is 5.05. The van der Waals surface area contributed by atoms with Gasteiger partial charge >= 0.3 is 12.2 Å². The van der Waals surface area contributed by atoms with E-state index in [1.807, 2.05) is 0 Å². The summed E-state index contributed by atoms with van der Waals surface area (Å²) in [4.78, 5) is 44.5. The molecule has 14 heteroatoms. The lowest BCUT2D eigenvalue weighted by Gasteiger charge is -2.12. The smallest absolute Gasteiger partial charge is 0.417 e. The molecule has 0 radical (unpaired) electrons. The zero-order valence-corrected chi connectivity index (χ0v) is 20.9. The highest BCUT2D eigenvalue weighted by atomic mass is 35.5. The second-order valence-corrected chi connectivity index (χ2v) is 8.33. The molecule has 4 rings (SSSR count). The second-order valence-electron chi connectivity index (χ2n) is 7.92. The molecule has 4 N–H and O–H groups in total. The van der Waals surface area contributed by atoms with E-state index in [1.54, 1.807) is 6.07 Å². The van der Waals surface area contributed by atoms with E-state index >= 15 is 0 Å². The van der Waals surface area contributed by atoms with Gasteiger partial charge in [0.2, 0.25) is 0 Å². The predicted molar refractivity (Wildman–Crippen MR) is 139 cm³/mol. The van der Waals surface area contributed by atoms with Crippen LogP contribution in [0.25, 0.3) is 0 Å². The van der Waals surface area contributed by atoms with Gasteiger partial charge in [-0.05, 0) is 60.7 Å². The summed E-state index contributed by atoms with van der Waals surface area (Å²) in [6.07, 6.45) is -0.480. The van der Waals surface area contributed by atoms with Crippen LogP contribution in [-0.4, -0.2) is 27.8 Å². The molecule has 0 saturated carbocycles. The summed E-state index contributed by atoms with van der Waals surface area (Å²) < 4.78 is 44.8. The Bertz CT molecular complexity index is 1540. The largest absolute Gasteiger partial charge is 0.457 e. The molecule has 10 nitrogen and oxygen atoms in total. The molecule has 0 aliphatic carbocycles. The molecule has 0 aliphatic rings. The molecule has 40 heavy (non-hydrogen) atoms. The van der Waals surface area contributed by atoms with Crippen LogP contribution in [0.5, 0.6) is 11.5 Å². The number of anilines is 2. The number of hydrogen-bond donors (Lipinski definition) is 4. The molecule has 2 heterocycles. The van der Waals surface area contributed by atoms with Crippen molar-refractivity contribution in [3.63, 3.8) is 0 Å². The van der Waals surface area contributed by atoms with E-state index in [0.29, 0.717) is 11.4 Å². The van der Waals surface area contributed by atoms with Crippen LogP contribution in [0.15, 0.2) is 85.3 Å². The summed E-state index contributed by atoms with van der Waals surface area (Å²) in [5.41, 5.74) is 3.90. The average molecular weight is 571 g/mol. The van der Waals surface area contributed by atoms with Crippen LogP contribution in [0.3, 0.4) is 0 Å². The number of halogens is 4. The van der Waals surface area contributed by atoms with Gasteiger partial charge in [-0.15, -0.1) is 0 Å². The quantitative estimate of drug-likeness (QED) is 0.221. The first-order valence-electron chi connectivity index (χ1n) is 11.3. The number of carbonyl (C=O) groups excluding carboxylic acids is 3. The highest BCUT2D eigenvalue weighted by molar-refractivity contribution is 6.31. The Morgan fingerprint density at radius 2 is 1.50 bits per heavy atom. The van der Waals surface area contributed by atoms with Crippen LogP contribution >= 0.6 is 11.6 Å². The number of rotatable bonds is 6. The first-order chi connectivity index (χ1) is 19.1. The molecule has 4 amide bonds. The van der Waals surface area contributed by atoms with Crippen LogP contribution in [0.4, 0.5) is 29.3 Å². The van der Waals surface area contributed by atoms with Crippen molar-refractivity contribution in [2.75, 3.05) is 10.6 Å². The van der Waals surface area contributed by atoms with E-state index in [4.69, 9.17) is 16.3 Å². The maximum absolute atomic E-state index is 13.0. The summed E-state index contributed by atoms with van der Waals surface area (Å²) in [5, 5.41) is 4.32. The van der Waals surface area contributed by atoms with Crippen molar-refractivity contribution >= 4 is 40.8 Å². The number of nitrogens with one attached hydrogen (secondary N) is 4. The minimum absolute atomic E-state index is 0.0326. The standard InChI is InChI=1S/C26H18ClF3N6O4/c27-21-8-5-17(12-20(21)26(28,29)30)34-25(39)33-16-3-6-18(7-4-16)40-19-9-11-32-22(13-19)24(38)36-35-23(37)15-2-1-10-31-14-15/h1-14H,(H,35,37)(H,36,38)(H2,33,34,39). The second kappa shape index (κ2) is 12.1. The molecule has 2 aromatic heterocycles. The van der Waals surface area contributed by atoms with Crippen LogP contribution < -0.4 is 26.2 Å². The van der Waals surface area contributed by atoms with E-state index in [1.165, 1.54) is 67.1 Å². The Labute approximate surface area is 229 Å². The Kier molecular flexibility index (Phi) is 8.45. The van der Waals surface area contributed by atoms with Crippen molar-refractivity contribution in [2.45, 2.75) is 6.18 Å². The zero-order valence-electron chi connectivity index (χ0n) is 20.1. The van der Waals surface area contributed by atoms with Gasteiger partial charge in [0.05, 0.1) is 16.1 Å². The fraction of sp³-hybridized carbons (Fsp3) is 0.0385. The average Bonchev–Trinajstić information content (AvgIpc) is 2.93. The maximum atomic E-state index is 13.0. The fourth-order valence-corrected chi connectivity index (χ4v) is 3.43. The first kappa shape index (κ1) is 27.9. The van der Waals surface area contributed by atoms with Crippen LogP contribution in [0.2, 0.25) is 5.02 Å². The summed E-state index contributed by atoms with van der Waals surface area (Å²) in [6.45, 7) is 0. The lowest BCUT2D eigenvalue weighted by molar-refractivity contribution is -0.137. The molecule has 2 aromatic carbocycles. The Balaban J connectivity index is 1.32. The molecule has 0 bridgehead atoms. The third kappa shape index (κ3) is 7.45. The number of nitrogens with zero attached hydrogens (tertiary/aromatic N) is 2. The predicted octanol–water partition coefficient (Wildman–Crippen LogP) is 5.66. The number of benzene rings is 2. The van der Waals surface area contributed by atoms with Gasteiger partial charge < -0.3 is 15.4 Å². The third-order valence-corrected chi connectivity index (χ3v) is 5.38. The SMILES string of the molecule is O=C(Nc1ccc(Oc2ccnc(C(=O)NNC(=O)c3cccnc3)c2)cc1)Nc1ccc(Cl)c(C(F)(F)F)c1. The monoisotopic (exact) mass is 570 g/mol. The van der Waals surface area contributed by atoms with Crippen molar-refractivity contribution in [1.82, 2.24) is 20.8 Å². The van der Waals surface area contributed by atoms with Crippen LogP contribution in [0.1, 0.15) is 26.4 Å². The van der Waals surface area contributed by atoms with Crippen molar-refractivity contribution in [2.24, 2.45) is 0 Å². The Morgan fingerprint density at radius 3 is 2.20 bits per heavy atom. The summed E-state index contributed by atoms with van der Waals surface area (Å²) in [6, 6.07) is 14.3. The van der Waals surface area contributed by atoms with Crippen LogP contribution in [0, 0.1) is 0 Å². The van der Waals surface area contributed by atoms with Gasteiger partial charge in [0, 0.05) is 36.0 Å². The number of amides is 4. The van der Waals surface area contributed by atoms with Crippen molar-refractivity contribution in [1.29, 1.82) is 0 Å². The Morgan fingerprint density at radius 1 is 0.800 bits per heavy atom. The van der Waals surface area contributed by atoms with E-state index in [2.05, 4.69) is 31.5 Å². The summed E-state index contributed by atoms with van der Waals surface area (Å²) in [7, 11) is 0. The number of hydrazine groups is 1. The topological polar surface area (TPSA) is 134 Å². The molecule has 0 unspecified atom stereocenters. The van der Waals surface area contributed by atoms with Gasteiger partial charge in [-0.2, -0.15) is 13.2 Å². The summed E-state index contributed by atoms with van der Waals surface area (Å²) in [5.74, 6) is -0.631. The first-order valence-corrected chi connectivity index (χ1v) is 11.7. The Hall–Kier alpha value is -5.17. The molecule has 0 atom stereocenters. The minimum Gasteiger partial charge on any atom is -0.457 e. The van der Waals surface area contributed by atoms with Crippen molar-refractivity contribution in [3.8, 4) is 11.5 Å². The molecule has 0 fully saturated rings. The van der Waals surface area contributed by atoms with Gasteiger partial charge in [0.15, 0.2) is 0 Å². The van der Waals surface area contributed by atoms with Crippen molar-refractivity contribution < 1.29 is 32.3 Å². The number of hydrogen-bond acceptors (Lipinski definition) is 6.